The average Bonchev–Trinajstić information content (AvgIpc) is 3.44. The van der Waals surface area contributed by atoms with Crippen molar-refractivity contribution in [3.05, 3.63) is 60.8 Å². The van der Waals surface area contributed by atoms with Gasteiger partial charge in [-0.2, -0.15) is 0 Å². The van der Waals surface area contributed by atoms with Gasteiger partial charge in [-0.25, -0.2) is 0 Å². The number of hydrogen-bond donors (Lipinski definition) is 1. The van der Waals surface area contributed by atoms with E-state index in [9.17, 15) is 19.0 Å². The van der Waals surface area contributed by atoms with Crippen molar-refractivity contribution in [3.63, 3.8) is 0 Å². The fraction of sp³-hybridized carbons (Fsp3) is 0.831. The number of hydrogen-bond acceptors (Lipinski definition) is 7. The normalized spacial score (nSPS) is 13.9. The number of nitrogens with zero attached hydrogens (tertiary/aromatic N) is 1. The number of amides is 1. The number of likely N-dealkylation sites (N-methyl/N-ethyl adjacent to an activating group) is 1. The summed E-state index contributed by atoms with van der Waals surface area (Å²) in [7, 11) is 1.19. The summed E-state index contributed by atoms with van der Waals surface area (Å²) in [5.41, 5.74) is 0. The van der Waals surface area contributed by atoms with E-state index in [1.807, 2.05) is 33.3 Å². The van der Waals surface area contributed by atoms with Crippen molar-refractivity contribution in [3.8, 4) is 0 Å². The van der Waals surface area contributed by atoms with Crippen LogP contribution in [-0.2, 0) is 27.9 Å². The van der Waals surface area contributed by atoms with E-state index in [2.05, 4.69) is 74.7 Å². The van der Waals surface area contributed by atoms with Crippen molar-refractivity contribution in [2.75, 3.05) is 40.9 Å². The lowest BCUT2D eigenvalue weighted by Gasteiger charge is -2.30. The Bertz CT molecular complexity index is 1570. The first-order chi connectivity index (χ1) is 39.4. The van der Waals surface area contributed by atoms with E-state index in [-0.39, 0.29) is 31.5 Å². The summed E-state index contributed by atoms with van der Waals surface area (Å²) in [6.07, 6.45) is 77.7. The minimum Gasteiger partial charge on any atom is -0.756 e. The van der Waals surface area contributed by atoms with Crippen LogP contribution < -0.4 is 10.2 Å². The highest BCUT2D eigenvalue weighted by Crippen LogP contribution is 2.38. The van der Waals surface area contributed by atoms with Crippen LogP contribution in [-0.4, -0.2) is 69.4 Å². The van der Waals surface area contributed by atoms with Gasteiger partial charge in [0.2, 0.25) is 5.91 Å². The second-order valence-corrected chi connectivity index (χ2v) is 26.1. The second-order valence-electron chi connectivity index (χ2n) is 24.7. The van der Waals surface area contributed by atoms with E-state index in [4.69, 9.17) is 13.8 Å². The lowest BCUT2D eigenvalue weighted by molar-refractivity contribution is -0.870. The number of carbonyl (C=O) groups is 2. The van der Waals surface area contributed by atoms with E-state index < -0.39 is 20.0 Å². The quantitative estimate of drug-likeness (QED) is 0.0212. The van der Waals surface area contributed by atoms with Crippen molar-refractivity contribution in [1.82, 2.24) is 5.32 Å². The van der Waals surface area contributed by atoms with Gasteiger partial charge in [0.15, 0.2) is 0 Å². The Morgan fingerprint density at radius 2 is 0.753 bits per heavy atom. The molecule has 0 aliphatic rings. The largest absolute Gasteiger partial charge is 0.756 e. The third-order valence-corrected chi connectivity index (χ3v) is 16.4. The maximum atomic E-state index is 13.5. The summed E-state index contributed by atoms with van der Waals surface area (Å²) in [6.45, 7) is 6.81. The van der Waals surface area contributed by atoms with Gasteiger partial charge in [-0.1, -0.05) is 281 Å². The molecule has 0 heterocycles. The molecular weight excluding hydrogens is 1020 g/mol. The highest BCUT2D eigenvalue weighted by atomic mass is 31.2. The Hall–Kier alpha value is -2.29. The van der Waals surface area contributed by atoms with Gasteiger partial charge >= 0.3 is 5.97 Å². The molecule has 474 valence electrons. The SMILES string of the molecule is CCCCC/C=C\C/C=C\CCCCCCCCCCCCCCCCCCCC(=O)OC(/C=C\CCCCCCCCCCC)C(COP(=O)([O-])OCC[N+](C)(C)C)NC(=O)CCCCCCCCC/C=C\C/C=C\CCCCC. The molecule has 0 rings (SSSR count). The molecular formula is C71H133N2O7P. The van der Waals surface area contributed by atoms with Crippen LogP contribution in [0.3, 0.4) is 0 Å². The molecule has 81 heavy (non-hydrogen) atoms. The van der Waals surface area contributed by atoms with Crippen LogP contribution >= 0.6 is 7.82 Å². The van der Waals surface area contributed by atoms with E-state index in [1.54, 1.807) is 0 Å². The molecule has 0 bridgehead atoms. The van der Waals surface area contributed by atoms with Crippen LogP contribution in [0, 0.1) is 0 Å². The third kappa shape index (κ3) is 62.1. The summed E-state index contributed by atoms with van der Waals surface area (Å²) in [4.78, 5) is 40.1. The smallest absolute Gasteiger partial charge is 0.306 e. The van der Waals surface area contributed by atoms with Gasteiger partial charge < -0.3 is 28.5 Å². The number of nitrogens with one attached hydrogen (secondary N) is 1. The lowest BCUT2D eigenvalue weighted by atomic mass is 10.0. The molecule has 0 saturated heterocycles. The molecule has 0 radical (unpaired) electrons. The van der Waals surface area contributed by atoms with Crippen molar-refractivity contribution < 1.29 is 37.3 Å². The zero-order valence-electron chi connectivity index (χ0n) is 54.2. The number of ether oxygens (including phenoxy) is 1. The van der Waals surface area contributed by atoms with E-state index in [0.29, 0.717) is 17.4 Å². The van der Waals surface area contributed by atoms with E-state index >= 15 is 0 Å². The van der Waals surface area contributed by atoms with Crippen molar-refractivity contribution in [2.45, 2.75) is 341 Å². The van der Waals surface area contributed by atoms with Gasteiger partial charge in [-0.3, -0.25) is 14.2 Å². The minimum atomic E-state index is -4.70. The molecule has 0 aliphatic carbocycles. The number of unbranched alkanes of at least 4 members (excludes halogenated alkanes) is 39. The molecule has 0 fully saturated rings. The average molecular weight is 1160 g/mol. The lowest BCUT2D eigenvalue weighted by Crippen LogP contribution is -2.47. The molecule has 0 aromatic carbocycles. The fourth-order valence-corrected chi connectivity index (χ4v) is 10.8. The molecule has 0 aromatic rings. The highest BCUT2D eigenvalue weighted by molar-refractivity contribution is 7.45. The number of phosphoric acid groups is 1. The molecule has 9 nitrogen and oxygen atoms in total. The van der Waals surface area contributed by atoms with Gasteiger partial charge in [-0.15, -0.1) is 0 Å². The van der Waals surface area contributed by atoms with Crippen LogP contribution in [0.1, 0.15) is 329 Å². The van der Waals surface area contributed by atoms with Crippen molar-refractivity contribution in [1.29, 1.82) is 0 Å². The first-order valence-electron chi connectivity index (χ1n) is 34.6. The summed E-state index contributed by atoms with van der Waals surface area (Å²) < 4.78 is 30.4. The molecule has 1 N–H and O–H groups in total. The Labute approximate surface area is 502 Å². The third-order valence-electron chi connectivity index (χ3n) is 15.4. The Balaban J connectivity index is 4.98. The van der Waals surface area contributed by atoms with Crippen molar-refractivity contribution >= 4 is 19.7 Å². The number of carbonyl (C=O) groups excluding carboxylic acids is 2. The summed E-state index contributed by atoms with van der Waals surface area (Å²) in [6, 6.07) is -0.892. The Morgan fingerprint density at radius 3 is 1.14 bits per heavy atom. The number of phosphoric ester groups is 1. The number of esters is 1. The summed E-state index contributed by atoms with van der Waals surface area (Å²) in [5.74, 6) is -0.540. The molecule has 0 saturated carbocycles. The first kappa shape index (κ1) is 78.7. The Kier molecular flexibility index (Phi) is 59.1. The zero-order chi connectivity index (χ0) is 59.3. The van der Waals surface area contributed by atoms with Crippen molar-refractivity contribution in [2.24, 2.45) is 0 Å². The van der Waals surface area contributed by atoms with E-state index in [1.165, 1.54) is 212 Å². The molecule has 0 aromatic heterocycles. The number of rotatable bonds is 63. The zero-order valence-corrected chi connectivity index (χ0v) is 55.1. The van der Waals surface area contributed by atoms with Gasteiger partial charge in [0.1, 0.15) is 19.3 Å². The minimum absolute atomic E-state index is 0.0237. The number of quaternary nitrogens is 1. The molecule has 3 unspecified atom stereocenters. The van der Waals surface area contributed by atoms with Crippen LogP contribution in [0.2, 0.25) is 0 Å². The predicted octanol–water partition coefficient (Wildman–Crippen LogP) is 21.2. The number of allylic oxidation sites excluding steroid dienone is 9. The molecule has 0 spiro atoms. The molecule has 3 atom stereocenters. The topological polar surface area (TPSA) is 114 Å². The maximum absolute atomic E-state index is 13.5. The van der Waals surface area contributed by atoms with Crippen LogP contribution in [0.4, 0.5) is 0 Å². The summed E-state index contributed by atoms with van der Waals surface area (Å²) in [5, 5.41) is 3.03. The maximum Gasteiger partial charge on any atom is 0.306 e. The van der Waals surface area contributed by atoms with Gasteiger partial charge in [0, 0.05) is 12.8 Å². The second kappa shape index (κ2) is 60.8. The highest BCUT2D eigenvalue weighted by Gasteiger charge is 2.27. The van der Waals surface area contributed by atoms with Crippen LogP contribution in [0.5, 0.6) is 0 Å². The van der Waals surface area contributed by atoms with Gasteiger partial charge in [-0.05, 0) is 96.0 Å². The first-order valence-corrected chi connectivity index (χ1v) is 36.1. The van der Waals surface area contributed by atoms with Crippen LogP contribution in [0.25, 0.3) is 0 Å². The van der Waals surface area contributed by atoms with Gasteiger partial charge in [0.25, 0.3) is 7.82 Å². The predicted molar refractivity (Wildman–Crippen MR) is 349 cm³/mol. The standard InChI is InChI=1S/C71H133N2O7P/c1-7-10-13-16-19-22-25-27-29-31-32-33-34-35-36-37-38-39-40-42-44-46-49-52-55-58-61-64-71(75)80-69(62-59-56-53-50-47-24-21-18-15-12-9-3)68(67-79-81(76,77)78-66-65-73(4,5)6)72-70(74)63-60-57-54-51-48-45-43-41-30-28-26-23-20-17-14-11-8-2/h19-20,22-23,27-30,59,62,68-69H,7-18,21,24-26,31-58,60-61,63-67H2,1-6H3,(H-,72,74,76,77)/b22-19-,23-20-,29-27-,30-28-,62-59-. The van der Waals surface area contributed by atoms with E-state index in [0.717, 1.165) is 83.5 Å². The monoisotopic (exact) mass is 1160 g/mol. The summed E-state index contributed by atoms with van der Waals surface area (Å²) >= 11 is 0. The van der Waals surface area contributed by atoms with Gasteiger partial charge in [0.05, 0.1) is 33.8 Å². The molecule has 10 heteroatoms. The fourth-order valence-electron chi connectivity index (χ4n) is 10.1. The molecule has 1 amide bonds. The molecule has 0 aliphatic heterocycles. The Morgan fingerprint density at radius 1 is 0.432 bits per heavy atom. The van der Waals surface area contributed by atoms with Crippen LogP contribution in [0.15, 0.2) is 60.8 Å².